The number of carbonyl (C=O) groups is 2. The third-order valence-electron chi connectivity index (χ3n) is 2.41. The maximum absolute atomic E-state index is 10.9. The van der Waals surface area contributed by atoms with E-state index in [-0.39, 0.29) is 6.61 Å². The van der Waals surface area contributed by atoms with Crippen molar-refractivity contribution in [3.63, 3.8) is 0 Å². The number of carbonyl (C=O) groups excluding carboxylic acids is 2. The lowest BCUT2D eigenvalue weighted by Crippen LogP contribution is -2.58. The molecule has 0 aromatic heterocycles. The normalized spacial score (nSPS) is 35.9. The molecule has 0 amide bonds. The second kappa shape index (κ2) is 6.37. The third kappa shape index (κ3) is 3.84. The second-order valence-electron chi connectivity index (χ2n) is 3.92. The summed E-state index contributed by atoms with van der Waals surface area (Å²) in [5, 5.41) is 19.4. The Morgan fingerprint density at radius 1 is 1.22 bits per heavy atom. The summed E-state index contributed by atoms with van der Waals surface area (Å²) in [4.78, 5) is 21.7. The van der Waals surface area contributed by atoms with E-state index in [1.165, 1.54) is 6.92 Å². The van der Waals surface area contributed by atoms with Crippen LogP contribution in [0, 0.1) is 0 Å². The van der Waals surface area contributed by atoms with Crippen molar-refractivity contribution in [2.75, 3.05) is 6.61 Å². The average Bonchev–Trinajstić information content (AvgIpc) is 2.27. The number of thiol groups is 1. The van der Waals surface area contributed by atoms with E-state index >= 15 is 0 Å². The van der Waals surface area contributed by atoms with Crippen LogP contribution in [0.4, 0.5) is 0 Å². The van der Waals surface area contributed by atoms with Crippen LogP contribution in [-0.4, -0.2) is 58.6 Å². The zero-order chi connectivity index (χ0) is 13.9. The van der Waals surface area contributed by atoms with Crippen LogP contribution in [0.2, 0.25) is 0 Å². The van der Waals surface area contributed by atoms with Gasteiger partial charge in [-0.2, -0.15) is 0 Å². The van der Waals surface area contributed by atoms with E-state index in [0.29, 0.717) is 0 Å². The van der Waals surface area contributed by atoms with E-state index in [2.05, 4.69) is 12.6 Å². The molecular weight excluding hydrogens is 264 g/mol. The first-order chi connectivity index (χ1) is 8.32. The Kier molecular flexibility index (Phi) is 5.39. The summed E-state index contributed by atoms with van der Waals surface area (Å²) >= 11 is 3.94. The van der Waals surface area contributed by atoms with Crippen molar-refractivity contribution in [3.05, 3.63) is 0 Å². The Bertz CT molecular complexity index is 321. The lowest BCUT2D eigenvalue weighted by atomic mass is 10.00. The lowest BCUT2D eigenvalue weighted by molar-refractivity contribution is -0.222. The number of hydrogen-bond acceptors (Lipinski definition) is 8. The van der Waals surface area contributed by atoms with Crippen molar-refractivity contribution in [3.8, 4) is 0 Å². The summed E-state index contributed by atoms with van der Waals surface area (Å²) < 4.78 is 14.8. The summed E-state index contributed by atoms with van der Waals surface area (Å²) in [6.07, 6.45) is -4.64. The predicted molar refractivity (Wildman–Crippen MR) is 61.8 cm³/mol. The van der Waals surface area contributed by atoms with Crippen molar-refractivity contribution in [2.45, 2.75) is 43.7 Å². The average molecular weight is 280 g/mol. The fraction of sp³-hybridized carbons (Fsp3) is 0.800. The molecule has 2 N–H and O–H groups in total. The van der Waals surface area contributed by atoms with Crippen LogP contribution >= 0.6 is 12.6 Å². The van der Waals surface area contributed by atoms with Gasteiger partial charge in [-0.1, -0.05) is 0 Å². The van der Waals surface area contributed by atoms with Gasteiger partial charge >= 0.3 is 11.9 Å². The molecule has 1 aliphatic rings. The molecule has 0 saturated carbocycles. The van der Waals surface area contributed by atoms with Crippen LogP contribution < -0.4 is 0 Å². The van der Waals surface area contributed by atoms with Gasteiger partial charge in [0.2, 0.25) is 0 Å². The first kappa shape index (κ1) is 15.2. The molecule has 1 heterocycles. The van der Waals surface area contributed by atoms with E-state index < -0.39 is 41.8 Å². The summed E-state index contributed by atoms with van der Waals surface area (Å²) in [5.74, 6) is -1.17. The highest BCUT2D eigenvalue weighted by atomic mass is 32.1. The quantitative estimate of drug-likeness (QED) is 0.443. The van der Waals surface area contributed by atoms with Gasteiger partial charge in [-0.15, -0.1) is 12.6 Å². The molecule has 104 valence electrons. The topological polar surface area (TPSA) is 102 Å². The summed E-state index contributed by atoms with van der Waals surface area (Å²) in [5.41, 5.74) is -0.952. The highest BCUT2D eigenvalue weighted by molar-refractivity contribution is 7.80. The Labute approximate surface area is 109 Å². The standard InChI is InChI=1S/C10H16O7S/c1-4(11)15-3-6-9(16-5(2)12)7(13)8(14)10(18)17-6/h6-10,13-14,18H,3H2,1-2H3. The molecule has 5 unspecified atom stereocenters. The minimum atomic E-state index is -1.36. The molecule has 1 fully saturated rings. The molecule has 0 aromatic carbocycles. The van der Waals surface area contributed by atoms with E-state index in [4.69, 9.17) is 14.2 Å². The van der Waals surface area contributed by atoms with E-state index in [1.807, 2.05) is 0 Å². The minimum Gasteiger partial charge on any atom is -0.463 e. The molecule has 18 heavy (non-hydrogen) atoms. The van der Waals surface area contributed by atoms with Gasteiger partial charge in [0, 0.05) is 13.8 Å². The van der Waals surface area contributed by atoms with Crippen molar-refractivity contribution in [1.82, 2.24) is 0 Å². The van der Waals surface area contributed by atoms with Gasteiger partial charge in [-0.3, -0.25) is 9.59 Å². The number of esters is 2. The molecule has 0 aromatic rings. The van der Waals surface area contributed by atoms with Gasteiger partial charge < -0.3 is 24.4 Å². The molecule has 1 saturated heterocycles. The van der Waals surface area contributed by atoms with Crippen LogP contribution in [0.1, 0.15) is 13.8 Å². The number of ether oxygens (including phenoxy) is 3. The van der Waals surface area contributed by atoms with Crippen LogP contribution in [-0.2, 0) is 23.8 Å². The number of hydrogen-bond donors (Lipinski definition) is 3. The molecule has 0 aliphatic carbocycles. The van der Waals surface area contributed by atoms with Crippen LogP contribution in [0.3, 0.4) is 0 Å². The molecule has 1 rings (SSSR count). The first-order valence-electron chi connectivity index (χ1n) is 5.33. The molecule has 0 radical (unpaired) electrons. The Morgan fingerprint density at radius 3 is 2.33 bits per heavy atom. The fourth-order valence-electron chi connectivity index (χ4n) is 1.59. The molecule has 0 bridgehead atoms. The third-order valence-corrected chi connectivity index (χ3v) is 2.84. The van der Waals surface area contributed by atoms with Crippen molar-refractivity contribution in [1.29, 1.82) is 0 Å². The Morgan fingerprint density at radius 2 is 1.83 bits per heavy atom. The summed E-state index contributed by atoms with van der Waals surface area (Å²) in [7, 11) is 0. The molecule has 1 aliphatic heterocycles. The van der Waals surface area contributed by atoms with E-state index in [1.54, 1.807) is 0 Å². The van der Waals surface area contributed by atoms with Gasteiger partial charge in [-0.25, -0.2) is 0 Å². The van der Waals surface area contributed by atoms with Gasteiger partial charge in [0.05, 0.1) is 0 Å². The maximum atomic E-state index is 10.9. The van der Waals surface area contributed by atoms with Crippen molar-refractivity contribution < 1.29 is 34.0 Å². The summed E-state index contributed by atoms with van der Waals surface area (Å²) in [6.45, 7) is 2.18. The molecule has 7 nitrogen and oxygen atoms in total. The monoisotopic (exact) mass is 280 g/mol. The summed E-state index contributed by atoms with van der Waals surface area (Å²) in [6, 6.07) is 0. The highest BCUT2D eigenvalue weighted by Crippen LogP contribution is 2.25. The smallest absolute Gasteiger partial charge is 0.303 e. The highest BCUT2D eigenvalue weighted by Gasteiger charge is 2.45. The van der Waals surface area contributed by atoms with Crippen LogP contribution in [0.15, 0.2) is 0 Å². The van der Waals surface area contributed by atoms with E-state index in [9.17, 15) is 19.8 Å². The van der Waals surface area contributed by atoms with Gasteiger partial charge in [0.15, 0.2) is 6.10 Å². The van der Waals surface area contributed by atoms with Crippen molar-refractivity contribution in [2.24, 2.45) is 0 Å². The molecular formula is C10H16O7S. The van der Waals surface area contributed by atoms with Gasteiger partial charge in [0.25, 0.3) is 0 Å². The first-order valence-corrected chi connectivity index (χ1v) is 5.84. The molecule has 8 heteroatoms. The molecule has 0 spiro atoms. The minimum absolute atomic E-state index is 0.200. The zero-order valence-electron chi connectivity index (χ0n) is 9.98. The largest absolute Gasteiger partial charge is 0.463 e. The van der Waals surface area contributed by atoms with E-state index in [0.717, 1.165) is 6.92 Å². The van der Waals surface area contributed by atoms with Crippen LogP contribution in [0.5, 0.6) is 0 Å². The predicted octanol–water partition coefficient (Wildman–Crippen LogP) is -1.14. The molecule has 5 atom stereocenters. The number of rotatable bonds is 3. The van der Waals surface area contributed by atoms with Gasteiger partial charge in [-0.05, 0) is 0 Å². The fourth-order valence-corrected chi connectivity index (χ4v) is 1.92. The second-order valence-corrected chi connectivity index (χ2v) is 4.43. The SMILES string of the molecule is CC(=O)OCC1OC(S)C(O)C(O)C1OC(C)=O. The van der Waals surface area contributed by atoms with Crippen molar-refractivity contribution >= 4 is 24.6 Å². The zero-order valence-corrected chi connectivity index (χ0v) is 10.9. The van der Waals surface area contributed by atoms with Crippen LogP contribution in [0.25, 0.3) is 0 Å². The lowest BCUT2D eigenvalue weighted by Gasteiger charge is -2.40. The number of aliphatic hydroxyl groups excluding tert-OH is 2. The Balaban J connectivity index is 2.75. The Hall–Kier alpha value is -0.830. The number of aliphatic hydroxyl groups is 2. The van der Waals surface area contributed by atoms with Gasteiger partial charge in [0.1, 0.15) is 30.4 Å². The maximum Gasteiger partial charge on any atom is 0.303 e.